The van der Waals surface area contributed by atoms with E-state index in [4.69, 9.17) is 0 Å². The molecule has 0 radical (unpaired) electrons. The van der Waals surface area contributed by atoms with Gasteiger partial charge in [0.15, 0.2) is 0 Å². The highest BCUT2D eigenvalue weighted by atomic mass is 32.2. The van der Waals surface area contributed by atoms with Crippen LogP contribution in [0.2, 0.25) is 0 Å². The van der Waals surface area contributed by atoms with Gasteiger partial charge in [-0.05, 0) is 42.9 Å². The molecule has 2 aliphatic rings. The Bertz CT molecular complexity index is 694. The quantitative estimate of drug-likeness (QED) is 0.845. The SMILES string of the molecule is O=c1ccc2c(n1CC1Cc3ccccc3S1)CCC2. The summed E-state index contributed by atoms with van der Waals surface area (Å²) in [6.45, 7) is 0.849. The Morgan fingerprint density at radius 3 is 2.90 bits per heavy atom. The number of pyridine rings is 1. The van der Waals surface area contributed by atoms with Crippen LogP contribution in [0.5, 0.6) is 0 Å². The van der Waals surface area contributed by atoms with Gasteiger partial charge in [0.2, 0.25) is 0 Å². The topological polar surface area (TPSA) is 22.0 Å². The molecule has 2 aromatic rings. The molecule has 0 fully saturated rings. The van der Waals surface area contributed by atoms with Crippen LogP contribution < -0.4 is 5.56 Å². The summed E-state index contributed by atoms with van der Waals surface area (Å²) in [5.74, 6) is 0. The fourth-order valence-electron chi connectivity index (χ4n) is 3.39. The predicted molar refractivity (Wildman–Crippen MR) is 82.5 cm³/mol. The van der Waals surface area contributed by atoms with Crippen molar-refractivity contribution in [1.82, 2.24) is 4.57 Å². The first-order valence-electron chi connectivity index (χ1n) is 7.27. The molecular weight excluding hydrogens is 266 g/mol. The largest absolute Gasteiger partial charge is 0.311 e. The number of fused-ring (bicyclic) bond motifs is 2. The maximum atomic E-state index is 12.2. The fraction of sp³-hybridized carbons (Fsp3) is 0.353. The molecule has 20 heavy (non-hydrogen) atoms. The lowest BCUT2D eigenvalue weighted by molar-refractivity contribution is 0.614. The van der Waals surface area contributed by atoms with Crippen LogP contribution in [0.25, 0.3) is 0 Å². The molecule has 3 heteroatoms. The van der Waals surface area contributed by atoms with Gasteiger partial charge in [0.05, 0.1) is 0 Å². The van der Waals surface area contributed by atoms with E-state index in [1.807, 2.05) is 22.4 Å². The molecule has 102 valence electrons. The molecule has 0 spiro atoms. The van der Waals surface area contributed by atoms with Gasteiger partial charge < -0.3 is 4.57 Å². The van der Waals surface area contributed by atoms with Gasteiger partial charge in [0.1, 0.15) is 0 Å². The standard InChI is InChI=1S/C17H17NOS/c19-17-9-8-12-5-3-6-15(12)18(17)11-14-10-13-4-1-2-7-16(13)20-14/h1-2,4,7-9,14H,3,5-6,10-11H2. The number of benzene rings is 1. The first-order valence-corrected chi connectivity index (χ1v) is 8.15. The first kappa shape index (κ1) is 12.3. The lowest BCUT2D eigenvalue weighted by atomic mass is 10.1. The van der Waals surface area contributed by atoms with E-state index in [1.54, 1.807) is 6.07 Å². The van der Waals surface area contributed by atoms with Gasteiger partial charge in [-0.25, -0.2) is 0 Å². The minimum Gasteiger partial charge on any atom is -0.311 e. The van der Waals surface area contributed by atoms with Gasteiger partial charge in [-0.2, -0.15) is 0 Å². The second-order valence-electron chi connectivity index (χ2n) is 5.66. The van der Waals surface area contributed by atoms with Gasteiger partial charge in [0, 0.05) is 28.5 Å². The lowest BCUT2D eigenvalue weighted by Crippen LogP contribution is -2.27. The molecule has 1 aliphatic heterocycles. The van der Waals surface area contributed by atoms with Crippen molar-refractivity contribution in [3.63, 3.8) is 0 Å². The molecule has 1 aromatic carbocycles. The lowest BCUT2D eigenvalue weighted by Gasteiger charge is -2.15. The van der Waals surface area contributed by atoms with Gasteiger partial charge >= 0.3 is 0 Å². The van der Waals surface area contributed by atoms with Crippen LogP contribution in [0, 0.1) is 0 Å². The van der Waals surface area contributed by atoms with Crippen LogP contribution in [0.1, 0.15) is 23.2 Å². The Hall–Kier alpha value is -1.48. The Morgan fingerprint density at radius 1 is 1.10 bits per heavy atom. The van der Waals surface area contributed by atoms with Crippen LogP contribution in [-0.4, -0.2) is 9.82 Å². The van der Waals surface area contributed by atoms with Crippen molar-refractivity contribution in [1.29, 1.82) is 0 Å². The minimum atomic E-state index is 0.169. The summed E-state index contributed by atoms with van der Waals surface area (Å²) in [5, 5.41) is 0.497. The van der Waals surface area contributed by atoms with E-state index >= 15 is 0 Å². The number of aromatic nitrogens is 1. The monoisotopic (exact) mass is 283 g/mol. The van der Waals surface area contributed by atoms with Crippen molar-refractivity contribution in [2.24, 2.45) is 0 Å². The van der Waals surface area contributed by atoms with E-state index in [2.05, 4.69) is 24.3 Å². The van der Waals surface area contributed by atoms with Crippen molar-refractivity contribution >= 4 is 11.8 Å². The summed E-state index contributed by atoms with van der Waals surface area (Å²) in [5.41, 5.74) is 4.27. The zero-order valence-electron chi connectivity index (χ0n) is 11.3. The third-order valence-electron chi connectivity index (χ3n) is 4.35. The molecule has 1 aromatic heterocycles. The molecule has 2 heterocycles. The summed E-state index contributed by atoms with van der Waals surface area (Å²) in [6, 6.07) is 12.4. The van der Waals surface area contributed by atoms with Gasteiger partial charge in [0.25, 0.3) is 5.56 Å². The molecule has 2 nitrogen and oxygen atoms in total. The molecule has 0 saturated carbocycles. The van der Waals surface area contributed by atoms with Crippen LogP contribution in [0.4, 0.5) is 0 Å². The van der Waals surface area contributed by atoms with E-state index < -0.39 is 0 Å². The maximum Gasteiger partial charge on any atom is 0.250 e. The van der Waals surface area contributed by atoms with Crippen molar-refractivity contribution in [2.75, 3.05) is 0 Å². The third-order valence-corrected chi connectivity index (χ3v) is 5.65. The second-order valence-corrected chi connectivity index (χ2v) is 7.00. The summed E-state index contributed by atoms with van der Waals surface area (Å²) in [7, 11) is 0. The normalized spacial score (nSPS) is 19.9. The highest BCUT2D eigenvalue weighted by Crippen LogP contribution is 2.37. The van der Waals surface area contributed by atoms with E-state index in [-0.39, 0.29) is 5.56 Å². The molecule has 0 bridgehead atoms. The fourth-order valence-corrected chi connectivity index (χ4v) is 4.70. The zero-order chi connectivity index (χ0) is 13.5. The average molecular weight is 283 g/mol. The van der Waals surface area contributed by atoms with Crippen LogP contribution in [0.3, 0.4) is 0 Å². The number of thioether (sulfide) groups is 1. The molecule has 0 amide bonds. The Morgan fingerprint density at radius 2 is 2.00 bits per heavy atom. The average Bonchev–Trinajstić information content (AvgIpc) is 3.07. The van der Waals surface area contributed by atoms with Gasteiger partial charge in [-0.1, -0.05) is 24.3 Å². The highest BCUT2D eigenvalue weighted by Gasteiger charge is 2.24. The van der Waals surface area contributed by atoms with E-state index in [0.717, 1.165) is 25.8 Å². The second kappa shape index (κ2) is 4.81. The molecule has 1 atom stereocenters. The Kier molecular flexibility index (Phi) is 2.95. The highest BCUT2D eigenvalue weighted by molar-refractivity contribution is 8.00. The first-order chi connectivity index (χ1) is 9.81. The van der Waals surface area contributed by atoms with Crippen molar-refractivity contribution < 1.29 is 0 Å². The van der Waals surface area contributed by atoms with Gasteiger partial charge in [-0.15, -0.1) is 11.8 Å². The zero-order valence-corrected chi connectivity index (χ0v) is 12.2. The Balaban J connectivity index is 1.63. The number of nitrogens with zero attached hydrogens (tertiary/aromatic N) is 1. The summed E-state index contributed by atoms with van der Waals surface area (Å²) >= 11 is 1.93. The number of hydrogen-bond acceptors (Lipinski definition) is 2. The van der Waals surface area contributed by atoms with E-state index in [0.29, 0.717) is 5.25 Å². The molecule has 1 unspecified atom stereocenters. The molecule has 0 N–H and O–H groups in total. The molecule has 4 rings (SSSR count). The molecular formula is C17H17NOS. The summed E-state index contributed by atoms with van der Waals surface area (Å²) < 4.78 is 2.03. The maximum absolute atomic E-state index is 12.2. The predicted octanol–water partition coefficient (Wildman–Crippen LogP) is 3.05. The van der Waals surface area contributed by atoms with E-state index in [9.17, 15) is 4.79 Å². The minimum absolute atomic E-state index is 0.169. The van der Waals surface area contributed by atoms with Crippen LogP contribution in [-0.2, 0) is 25.8 Å². The van der Waals surface area contributed by atoms with Crippen molar-refractivity contribution in [2.45, 2.75) is 42.4 Å². The number of hydrogen-bond donors (Lipinski definition) is 0. The number of aryl methyl sites for hydroxylation is 1. The molecule has 1 aliphatic carbocycles. The smallest absolute Gasteiger partial charge is 0.250 e. The van der Waals surface area contributed by atoms with Crippen molar-refractivity contribution in [3.05, 3.63) is 63.6 Å². The number of rotatable bonds is 2. The van der Waals surface area contributed by atoms with E-state index in [1.165, 1.54) is 28.1 Å². The van der Waals surface area contributed by atoms with Gasteiger partial charge in [-0.3, -0.25) is 4.79 Å². The van der Waals surface area contributed by atoms with Crippen LogP contribution >= 0.6 is 11.8 Å². The van der Waals surface area contributed by atoms with Crippen molar-refractivity contribution in [3.8, 4) is 0 Å². The third kappa shape index (κ3) is 2.01. The van der Waals surface area contributed by atoms with Crippen LogP contribution in [0.15, 0.2) is 46.1 Å². The Labute approximate surface area is 122 Å². The summed E-state index contributed by atoms with van der Waals surface area (Å²) in [6.07, 6.45) is 4.47. The summed E-state index contributed by atoms with van der Waals surface area (Å²) in [4.78, 5) is 13.6. The molecule has 0 saturated heterocycles.